The number of hydrogen-bond acceptors (Lipinski definition) is 8. The number of thiazole rings is 1. The van der Waals surface area contributed by atoms with Crippen LogP contribution in [0.1, 0.15) is 24.5 Å². The number of carbonyl (C=O) groups is 2. The first kappa shape index (κ1) is 23.9. The minimum absolute atomic E-state index is 0.0133. The molecule has 0 spiro atoms. The Morgan fingerprint density at radius 2 is 1.91 bits per heavy atom. The fraction of sp³-hybridized carbons (Fsp3) is 0.190. The Hall–Kier alpha value is -3.22. The average molecular weight is 527 g/mol. The highest BCUT2D eigenvalue weighted by Gasteiger charge is 2.37. The molecule has 1 saturated carbocycles. The van der Waals surface area contributed by atoms with Gasteiger partial charge in [0.2, 0.25) is 12.0 Å². The van der Waals surface area contributed by atoms with Crippen LogP contribution in [-0.4, -0.2) is 35.8 Å². The second-order valence-corrected chi connectivity index (χ2v) is 10.8. The molecule has 34 heavy (non-hydrogen) atoms. The molecule has 1 aromatic heterocycles. The summed E-state index contributed by atoms with van der Waals surface area (Å²) in [7, 11) is -3.44. The number of anilines is 1. The van der Waals surface area contributed by atoms with E-state index >= 15 is 0 Å². The van der Waals surface area contributed by atoms with Crippen molar-refractivity contribution in [3.8, 4) is 11.6 Å². The molecule has 0 saturated heterocycles. The number of nitrogens with zero attached hydrogens (tertiary/aromatic N) is 1. The third kappa shape index (κ3) is 5.46. The Bertz CT molecular complexity index is 1340. The topological polar surface area (TPSA) is 132 Å². The molecule has 1 unspecified atom stereocenters. The normalized spacial score (nSPS) is 14.3. The predicted octanol–water partition coefficient (Wildman–Crippen LogP) is 4.69. The van der Waals surface area contributed by atoms with E-state index in [2.05, 4.69) is 15.0 Å². The maximum absolute atomic E-state index is 14.4. The van der Waals surface area contributed by atoms with Crippen LogP contribution in [0.5, 0.6) is 11.6 Å². The van der Waals surface area contributed by atoms with Gasteiger partial charge in [0.1, 0.15) is 0 Å². The molecule has 3 aromatic rings. The molecule has 1 fully saturated rings. The van der Waals surface area contributed by atoms with Crippen LogP contribution < -0.4 is 14.8 Å². The first-order valence-electron chi connectivity index (χ1n) is 9.76. The number of nitrogens with one attached hydrogen (secondary N) is 1. The van der Waals surface area contributed by atoms with Gasteiger partial charge >= 0.3 is 6.16 Å². The molecule has 1 atom stereocenters. The zero-order valence-electron chi connectivity index (χ0n) is 17.1. The van der Waals surface area contributed by atoms with E-state index in [1.54, 1.807) is 0 Å². The number of hydrogen-bond donors (Lipinski definition) is 2. The van der Waals surface area contributed by atoms with Gasteiger partial charge in [0.05, 0.1) is 15.5 Å². The van der Waals surface area contributed by atoms with Crippen molar-refractivity contribution in [2.75, 3.05) is 5.32 Å². The van der Waals surface area contributed by atoms with Crippen molar-refractivity contribution >= 4 is 50.0 Å². The number of rotatable bonds is 8. The first-order chi connectivity index (χ1) is 16.1. The van der Waals surface area contributed by atoms with Crippen molar-refractivity contribution in [1.82, 2.24) is 4.98 Å². The van der Waals surface area contributed by atoms with Crippen molar-refractivity contribution in [3.63, 3.8) is 0 Å². The second-order valence-electron chi connectivity index (χ2n) is 7.23. The lowest BCUT2D eigenvalue weighted by Crippen LogP contribution is -2.26. The van der Waals surface area contributed by atoms with E-state index in [4.69, 9.17) is 21.4 Å². The summed E-state index contributed by atoms with van der Waals surface area (Å²) < 4.78 is 49.3. The van der Waals surface area contributed by atoms with E-state index in [-0.39, 0.29) is 32.2 Å². The SMILES string of the molecule is O=C(O)Oc1csc(NC(=O)C(Oc2ccc(Cl)cc2F)c2ccc(S(=O)(=O)C3CC3)cc2)n1. The lowest BCUT2D eigenvalue weighted by molar-refractivity contribution is -0.123. The molecular formula is C21H16ClFN2O7S2. The van der Waals surface area contributed by atoms with Gasteiger partial charge in [0.25, 0.3) is 5.91 Å². The molecule has 2 N–H and O–H groups in total. The van der Waals surface area contributed by atoms with E-state index in [1.165, 1.54) is 41.8 Å². The van der Waals surface area contributed by atoms with Crippen molar-refractivity contribution in [2.45, 2.75) is 29.1 Å². The number of sulfone groups is 1. The van der Waals surface area contributed by atoms with Crippen LogP contribution in [0.2, 0.25) is 5.02 Å². The number of amides is 1. The lowest BCUT2D eigenvalue weighted by atomic mass is 10.1. The van der Waals surface area contributed by atoms with Crippen LogP contribution in [0.15, 0.2) is 52.7 Å². The summed E-state index contributed by atoms with van der Waals surface area (Å²) in [4.78, 5) is 27.6. The van der Waals surface area contributed by atoms with E-state index in [9.17, 15) is 22.4 Å². The zero-order chi connectivity index (χ0) is 24.5. The van der Waals surface area contributed by atoms with Gasteiger partial charge in [-0.1, -0.05) is 23.7 Å². The number of carbonyl (C=O) groups excluding carboxylic acids is 1. The van der Waals surface area contributed by atoms with Crippen LogP contribution in [0.25, 0.3) is 0 Å². The fourth-order valence-corrected chi connectivity index (χ4v) is 5.43. The van der Waals surface area contributed by atoms with E-state index < -0.39 is 39.1 Å². The van der Waals surface area contributed by atoms with E-state index in [0.29, 0.717) is 12.8 Å². The summed E-state index contributed by atoms with van der Waals surface area (Å²) in [6.07, 6.45) is -1.75. The molecule has 0 aliphatic heterocycles. The number of benzene rings is 2. The number of aromatic nitrogens is 1. The molecular weight excluding hydrogens is 511 g/mol. The summed E-state index contributed by atoms with van der Waals surface area (Å²) in [5.41, 5.74) is 0.250. The Balaban J connectivity index is 1.61. The smallest absolute Gasteiger partial charge is 0.473 e. The van der Waals surface area contributed by atoms with E-state index in [1.807, 2.05) is 0 Å². The van der Waals surface area contributed by atoms with Crippen LogP contribution in [0.4, 0.5) is 14.3 Å². The highest BCUT2D eigenvalue weighted by Crippen LogP contribution is 2.34. The van der Waals surface area contributed by atoms with Gasteiger partial charge in [-0.3, -0.25) is 10.1 Å². The summed E-state index contributed by atoms with van der Waals surface area (Å²) in [5, 5.41) is 12.2. The molecule has 0 radical (unpaired) electrons. The highest BCUT2D eigenvalue weighted by molar-refractivity contribution is 7.92. The standard InChI is InChI=1S/C21H16ClFN2O7S2/c22-12-3-8-16(15(23)9-12)31-18(19(26)25-20-24-17(10-33-20)32-21(27)28)11-1-4-13(5-2-11)34(29,30)14-6-7-14/h1-5,8-10,14,18H,6-7H2,(H,27,28)(H,24,25,26). The monoisotopic (exact) mass is 526 g/mol. The predicted molar refractivity (Wildman–Crippen MR) is 121 cm³/mol. The molecule has 1 aliphatic rings. The summed E-state index contributed by atoms with van der Waals surface area (Å²) in [6.45, 7) is 0. The van der Waals surface area contributed by atoms with Gasteiger partial charge < -0.3 is 14.6 Å². The van der Waals surface area contributed by atoms with Crippen molar-refractivity contribution in [3.05, 3.63) is 64.2 Å². The third-order valence-electron chi connectivity index (χ3n) is 4.76. The summed E-state index contributed by atoms with van der Waals surface area (Å²) >= 11 is 6.68. The number of carboxylic acid groups (broad SMARTS) is 1. The number of ether oxygens (including phenoxy) is 2. The fourth-order valence-electron chi connectivity index (χ4n) is 3.00. The Labute approximate surface area is 202 Å². The molecule has 1 heterocycles. The Morgan fingerprint density at radius 3 is 2.53 bits per heavy atom. The first-order valence-corrected chi connectivity index (χ1v) is 12.6. The molecule has 2 aromatic carbocycles. The minimum atomic E-state index is -3.44. The molecule has 9 nitrogen and oxygen atoms in total. The number of halogens is 2. The van der Waals surface area contributed by atoms with Gasteiger partial charge in [-0.2, -0.15) is 4.98 Å². The minimum Gasteiger partial charge on any atom is -0.473 e. The average Bonchev–Trinajstić information content (AvgIpc) is 3.55. The van der Waals surface area contributed by atoms with Crippen LogP contribution in [0, 0.1) is 5.82 Å². The van der Waals surface area contributed by atoms with E-state index in [0.717, 1.165) is 17.4 Å². The van der Waals surface area contributed by atoms with Gasteiger partial charge in [-0.15, -0.1) is 11.3 Å². The Kier molecular flexibility index (Phi) is 6.73. The van der Waals surface area contributed by atoms with Crippen LogP contribution >= 0.6 is 22.9 Å². The van der Waals surface area contributed by atoms with Gasteiger partial charge in [0, 0.05) is 10.6 Å². The van der Waals surface area contributed by atoms with Crippen molar-refractivity contribution in [1.29, 1.82) is 0 Å². The molecule has 1 aliphatic carbocycles. The van der Waals surface area contributed by atoms with Crippen LogP contribution in [0.3, 0.4) is 0 Å². The van der Waals surface area contributed by atoms with Crippen molar-refractivity contribution < 1.29 is 37.0 Å². The highest BCUT2D eigenvalue weighted by atomic mass is 35.5. The molecule has 4 rings (SSSR count). The maximum atomic E-state index is 14.4. The molecule has 1 amide bonds. The second kappa shape index (κ2) is 9.57. The molecule has 0 bridgehead atoms. The van der Waals surface area contributed by atoms with Crippen molar-refractivity contribution in [2.24, 2.45) is 0 Å². The maximum Gasteiger partial charge on any atom is 0.512 e. The zero-order valence-corrected chi connectivity index (χ0v) is 19.5. The summed E-state index contributed by atoms with van der Waals surface area (Å²) in [5.74, 6) is -2.05. The molecule has 178 valence electrons. The van der Waals surface area contributed by atoms with Gasteiger partial charge in [-0.25, -0.2) is 17.6 Å². The molecule has 13 heteroatoms. The van der Waals surface area contributed by atoms with Gasteiger partial charge in [0.15, 0.2) is 26.5 Å². The van der Waals surface area contributed by atoms with Gasteiger partial charge in [-0.05, 0) is 43.2 Å². The Morgan fingerprint density at radius 1 is 1.21 bits per heavy atom. The van der Waals surface area contributed by atoms with Crippen LogP contribution in [-0.2, 0) is 14.6 Å². The summed E-state index contributed by atoms with van der Waals surface area (Å²) in [6, 6.07) is 9.22. The quantitative estimate of drug-likeness (QED) is 0.404. The lowest BCUT2D eigenvalue weighted by Gasteiger charge is -2.19. The largest absolute Gasteiger partial charge is 0.512 e. The third-order valence-corrected chi connectivity index (χ3v) is 8.01.